The normalized spacial score (nSPS) is 11.8. The average molecular weight is 442 g/mol. The zero-order chi connectivity index (χ0) is 23.3. The summed E-state index contributed by atoms with van der Waals surface area (Å²) in [4.78, 5) is 12.0. The maximum Gasteiger partial charge on any atom is 0.310 e. The van der Waals surface area contributed by atoms with Crippen molar-refractivity contribution in [1.29, 1.82) is 0 Å². The largest absolute Gasteiger partial charge is 0.497 e. The quantitative estimate of drug-likeness (QED) is 0.294. The van der Waals surface area contributed by atoms with E-state index in [4.69, 9.17) is 18.6 Å². The second-order valence-corrected chi connectivity index (χ2v) is 7.01. The van der Waals surface area contributed by atoms with E-state index in [1.165, 1.54) is 26.2 Å². The van der Waals surface area contributed by atoms with Crippen LogP contribution in [-0.4, -0.2) is 19.7 Å². The molecule has 32 heavy (non-hydrogen) atoms. The summed E-state index contributed by atoms with van der Waals surface area (Å²) in [6.07, 6.45) is 1.39. The van der Waals surface area contributed by atoms with Crippen LogP contribution in [0.5, 0.6) is 11.5 Å². The van der Waals surface area contributed by atoms with Crippen LogP contribution < -0.4 is 9.47 Å². The van der Waals surface area contributed by atoms with Crippen LogP contribution in [0, 0.1) is 6.01 Å². The number of esters is 1. The minimum Gasteiger partial charge on any atom is -0.497 e. The highest BCUT2D eigenvalue weighted by Gasteiger charge is 2.16. The molecule has 3 aromatic rings. The van der Waals surface area contributed by atoms with E-state index in [2.05, 4.69) is 6.58 Å². The minimum absolute atomic E-state index is 0.0365. The maximum absolute atomic E-state index is 14.1. The molecule has 0 bridgehead atoms. The highest BCUT2D eigenvalue weighted by atomic mass is 19.1. The van der Waals surface area contributed by atoms with E-state index in [0.717, 1.165) is 0 Å². The lowest BCUT2D eigenvalue weighted by atomic mass is 10.00. The van der Waals surface area contributed by atoms with Gasteiger partial charge in [0.15, 0.2) is 0 Å². The SMILES string of the molecule is C=C/C(=C(\C)F)c1cc(COc2cc(OC)ccc2CC(=O)OCC)cc2cc(F)oc12. The summed E-state index contributed by atoms with van der Waals surface area (Å²) in [7, 11) is 1.53. The van der Waals surface area contributed by atoms with Crippen LogP contribution in [0.15, 0.2) is 59.3 Å². The molecule has 0 aliphatic heterocycles. The molecule has 0 spiro atoms. The lowest BCUT2D eigenvalue weighted by Crippen LogP contribution is -2.09. The Labute approximate surface area is 184 Å². The van der Waals surface area contributed by atoms with Crippen LogP contribution >= 0.6 is 0 Å². The molecule has 0 atom stereocenters. The number of allylic oxidation sites excluding steroid dienone is 3. The van der Waals surface area contributed by atoms with Gasteiger partial charge in [0.05, 0.1) is 20.1 Å². The molecule has 1 heterocycles. The fraction of sp³-hybridized carbons (Fsp3) is 0.240. The number of ether oxygens (including phenoxy) is 3. The molecule has 5 nitrogen and oxygen atoms in total. The van der Waals surface area contributed by atoms with Gasteiger partial charge in [0.2, 0.25) is 0 Å². The number of furan rings is 1. The van der Waals surface area contributed by atoms with Crippen molar-refractivity contribution in [3.05, 3.63) is 77.6 Å². The number of fused-ring (bicyclic) bond motifs is 1. The summed E-state index contributed by atoms with van der Waals surface area (Å²) in [5.74, 6) is 0.157. The molecule has 168 valence electrons. The number of rotatable bonds is 9. The van der Waals surface area contributed by atoms with E-state index >= 15 is 0 Å². The van der Waals surface area contributed by atoms with Crippen LogP contribution in [-0.2, 0) is 22.6 Å². The lowest BCUT2D eigenvalue weighted by molar-refractivity contribution is -0.142. The average Bonchev–Trinajstić information content (AvgIpc) is 3.13. The van der Waals surface area contributed by atoms with Crippen molar-refractivity contribution in [3.63, 3.8) is 0 Å². The number of methoxy groups -OCH3 is 1. The predicted octanol–water partition coefficient (Wildman–Crippen LogP) is 6.15. The molecule has 0 unspecified atom stereocenters. The second kappa shape index (κ2) is 10.1. The van der Waals surface area contributed by atoms with Crippen molar-refractivity contribution >= 4 is 22.5 Å². The predicted molar refractivity (Wildman–Crippen MR) is 118 cm³/mol. The molecule has 0 aliphatic rings. The van der Waals surface area contributed by atoms with E-state index in [9.17, 15) is 13.6 Å². The van der Waals surface area contributed by atoms with Gasteiger partial charge in [-0.05, 0) is 37.6 Å². The molecule has 2 aromatic carbocycles. The first-order chi connectivity index (χ1) is 15.4. The summed E-state index contributed by atoms with van der Waals surface area (Å²) in [6, 6.07) is 8.95. The molecule has 0 saturated heterocycles. The van der Waals surface area contributed by atoms with Gasteiger partial charge in [0, 0.05) is 34.2 Å². The van der Waals surface area contributed by atoms with Gasteiger partial charge in [-0.3, -0.25) is 4.79 Å². The molecule has 0 radical (unpaired) electrons. The topological polar surface area (TPSA) is 57.9 Å². The first-order valence-electron chi connectivity index (χ1n) is 10.0. The zero-order valence-corrected chi connectivity index (χ0v) is 18.2. The second-order valence-electron chi connectivity index (χ2n) is 7.01. The van der Waals surface area contributed by atoms with Crippen molar-refractivity contribution in [3.8, 4) is 11.5 Å². The number of benzene rings is 2. The summed E-state index contributed by atoms with van der Waals surface area (Å²) in [5.41, 5.74) is 2.08. The Morgan fingerprint density at radius 1 is 1.22 bits per heavy atom. The van der Waals surface area contributed by atoms with Crippen molar-refractivity contribution in [2.75, 3.05) is 13.7 Å². The van der Waals surface area contributed by atoms with E-state index < -0.39 is 11.8 Å². The first kappa shape index (κ1) is 23.1. The molecular formula is C25H24F2O5. The Hall–Kier alpha value is -3.61. The summed E-state index contributed by atoms with van der Waals surface area (Å²) in [5, 5.41) is 0.469. The molecule has 0 aliphatic carbocycles. The van der Waals surface area contributed by atoms with E-state index in [-0.39, 0.29) is 36.8 Å². The molecule has 0 fully saturated rings. The number of hydrogen-bond donors (Lipinski definition) is 0. The Balaban J connectivity index is 1.96. The minimum atomic E-state index is -0.774. The standard InChI is InChI=1S/C25H24F2O5/c1-5-20(15(3)26)21-10-16(9-18-11-23(27)32-25(18)21)14-31-22-13-19(29-4)8-7-17(22)12-24(28)30-6-2/h5,7-11,13H,1,6,12,14H2,2-4H3/b20-15-. The van der Waals surface area contributed by atoms with E-state index in [1.807, 2.05) is 0 Å². The Morgan fingerprint density at radius 2 is 2.00 bits per heavy atom. The Morgan fingerprint density at radius 3 is 2.66 bits per heavy atom. The zero-order valence-electron chi connectivity index (χ0n) is 18.2. The highest BCUT2D eigenvalue weighted by molar-refractivity contribution is 5.93. The smallest absolute Gasteiger partial charge is 0.310 e. The monoisotopic (exact) mass is 442 g/mol. The fourth-order valence-electron chi connectivity index (χ4n) is 3.37. The highest BCUT2D eigenvalue weighted by Crippen LogP contribution is 2.33. The van der Waals surface area contributed by atoms with Crippen LogP contribution in [0.2, 0.25) is 0 Å². The van der Waals surface area contributed by atoms with Crippen molar-refractivity contribution in [1.82, 2.24) is 0 Å². The van der Waals surface area contributed by atoms with Crippen molar-refractivity contribution in [2.24, 2.45) is 0 Å². The maximum atomic E-state index is 14.1. The summed E-state index contributed by atoms with van der Waals surface area (Å²) < 4.78 is 49.3. The van der Waals surface area contributed by atoms with E-state index in [0.29, 0.717) is 33.6 Å². The van der Waals surface area contributed by atoms with Gasteiger partial charge in [-0.2, -0.15) is 4.39 Å². The summed E-state index contributed by atoms with van der Waals surface area (Å²) in [6.45, 7) is 7.04. The van der Waals surface area contributed by atoms with Crippen molar-refractivity contribution < 1.29 is 32.2 Å². The van der Waals surface area contributed by atoms with Crippen LogP contribution in [0.25, 0.3) is 16.5 Å². The number of halogens is 2. The third kappa shape index (κ3) is 5.17. The number of carbonyl (C=O) groups is 1. The van der Waals surface area contributed by atoms with Gasteiger partial charge in [0.1, 0.15) is 29.5 Å². The van der Waals surface area contributed by atoms with Gasteiger partial charge in [-0.1, -0.05) is 18.7 Å². The molecule has 0 N–H and O–H groups in total. The van der Waals surface area contributed by atoms with Gasteiger partial charge >= 0.3 is 5.97 Å². The summed E-state index contributed by atoms with van der Waals surface area (Å²) >= 11 is 0. The molecule has 3 rings (SSSR count). The first-order valence-corrected chi connectivity index (χ1v) is 10.0. The number of hydrogen-bond acceptors (Lipinski definition) is 5. The molecule has 7 heteroatoms. The van der Waals surface area contributed by atoms with Crippen LogP contribution in [0.3, 0.4) is 0 Å². The van der Waals surface area contributed by atoms with Gasteiger partial charge in [0.25, 0.3) is 6.01 Å². The molecular weight excluding hydrogens is 418 g/mol. The molecule has 1 aromatic heterocycles. The fourth-order valence-corrected chi connectivity index (χ4v) is 3.37. The van der Waals surface area contributed by atoms with Crippen LogP contribution in [0.4, 0.5) is 8.78 Å². The third-order valence-electron chi connectivity index (χ3n) is 4.82. The van der Waals surface area contributed by atoms with Gasteiger partial charge in [-0.25, -0.2) is 4.39 Å². The van der Waals surface area contributed by atoms with Gasteiger partial charge < -0.3 is 18.6 Å². The van der Waals surface area contributed by atoms with E-state index in [1.54, 1.807) is 37.3 Å². The Bertz CT molecular complexity index is 1170. The Kier molecular flexibility index (Phi) is 7.30. The lowest BCUT2D eigenvalue weighted by Gasteiger charge is -2.14. The number of carbonyl (C=O) groups excluding carboxylic acids is 1. The third-order valence-corrected chi connectivity index (χ3v) is 4.82. The molecule has 0 saturated carbocycles. The van der Waals surface area contributed by atoms with Crippen LogP contribution in [0.1, 0.15) is 30.5 Å². The van der Waals surface area contributed by atoms with Crippen molar-refractivity contribution in [2.45, 2.75) is 26.9 Å². The van der Waals surface area contributed by atoms with Gasteiger partial charge in [-0.15, -0.1) is 0 Å². The molecule has 0 amide bonds.